The van der Waals surface area contributed by atoms with Crippen molar-refractivity contribution in [3.8, 4) is 0 Å². The highest BCUT2D eigenvalue weighted by Gasteiger charge is 2.44. The Morgan fingerprint density at radius 1 is 1.26 bits per heavy atom. The number of benzene rings is 1. The average Bonchev–Trinajstić information content (AvgIpc) is 2.23. The Morgan fingerprint density at radius 3 is 2.26 bits per heavy atom. The smallest absolute Gasteiger partial charge is 0.243 e. The van der Waals surface area contributed by atoms with Gasteiger partial charge in [0.15, 0.2) is 0 Å². The van der Waals surface area contributed by atoms with E-state index in [-0.39, 0.29) is 18.0 Å². The van der Waals surface area contributed by atoms with Crippen molar-refractivity contribution >= 4 is 15.7 Å². The first-order valence-corrected chi connectivity index (χ1v) is 7.59. The number of anilines is 1. The van der Waals surface area contributed by atoms with E-state index in [1.54, 1.807) is 26.8 Å². The van der Waals surface area contributed by atoms with Crippen molar-refractivity contribution in [2.24, 2.45) is 0 Å². The van der Waals surface area contributed by atoms with Gasteiger partial charge < -0.3 is 10.8 Å². The third kappa shape index (κ3) is 2.24. The molecule has 1 heterocycles. The largest absolute Gasteiger partial charge is 0.398 e. The first-order chi connectivity index (χ1) is 8.56. The lowest BCUT2D eigenvalue weighted by Crippen LogP contribution is -2.61. The second-order valence-corrected chi connectivity index (χ2v) is 7.51. The second kappa shape index (κ2) is 4.19. The number of aliphatic hydroxyl groups is 1. The first-order valence-electron chi connectivity index (χ1n) is 6.15. The Balaban J connectivity index is 2.54. The number of nitrogen functional groups attached to an aromatic ring is 1. The molecule has 1 fully saturated rings. The SMILES string of the molecule is Cc1cc(N)c(C)c(S(=O)(=O)N2CC(C)(O)C2)c1C. The molecule has 5 nitrogen and oxygen atoms in total. The summed E-state index contributed by atoms with van der Waals surface area (Å²) in [7, 11) is -3.59. The second-order valence-electron chi connectivity index (χ2n) is 5.63. The van der Waals surface area contributed by atoms with Crippen LogP contribution in [0.15, 0.2) is 11.0 Å². The van der Waals surface area contributed by atoms with E-state index in [1.165, 1.54) is 4.31 Å². The van der Waals surface area contributed by atoms with Gasteiger partial charge in [-0.25, -0.2) is 8.42 Å². The summed E-state index contributed by atoms with van der Waals surface area (Å²) in [4.78, 5) is 0.278. The fraction of sp³-hybridized carbons (Fsp3) is 0.538. The van der Waals surface area contributed by atoms with Gasteiger partial charge in [0.05, 0.1) is 10.5 Å². The van der Waals surface area contributed by atoms with Crippen molar-refractivity contribution in [3.05, 3.63) is 22.8 Å². The van der Waals surface area contributed by atoms with Crippen molar-refractivity contribution in [1.29, 1.82) is 0 Å². The summed E-state index contributed by atoms with van der Waals surface area (Å²) < 4.78 is 26.5. The molecule has 0 radical (unpaired) electrons. The number of nitrogens with zero attached hydrogens (tertiary/aromatic N) is 1. The lowest BCUT2D eigenvalue weighted by atomic mass is 10.0. The molecule has 0 bridgehead atoms. The van der Waals surface area contributed by atoms with E-state index < -0.39 is 15.6 Å². The fourth-order valence-corrected chi connectivity index (χ4v) is 4.65. The van der Waals surface area contributed by atoms with Crippen LogP contribution in [0.4, 0.5) is 5.69 Å². The summed E-state index contributed by atoms with van der Waals surface area (Å²) in [5, 5.41) is 9.71. The number of sulfonamides is 1. The molecule has 0 spiro atoms. The van der Waals surface area contributed by atoms with E-state index >= 15 is 0 Å². The van der Waals surface area contributed by atoms with Crippen LogP contribution in [0.2, 0.25) is 0 Å². The number of β-amino-alcohol motifs (C(OH)–C–C–N with tert-alkyl or cyclic N) is 1. The van der Waals surface area contributed by atoms with Gasteiger partial charge in [-0.05, 0) is 50.5 Å². The summed E-state index contributed by atoms with van der Waals surface area (Å²) in [5.41, 5.74) is 7.58. The van der Waals surface area contributed by atoms with E-state index in [1.807, 2.05) is 6.92 Å². The van der Waals surface area contributed by atoms with Gasteiger partial charge in [-0.2, -0.15) is 4.31 Å². The van der Waals surface area contributed by atoms with Gasteiger partial charge in [-0.15, -0.1) is 0 Å². The van der Waals surface area contributed by atoms with Gasteiger partial charge in [0.25, 0.3) is 0 Å². The molecule has 0 saturated carbocycles. The molecular formula is C13H20N2O3S. The number of hydrogen-bond acceptors (Lipinski definition) is 4. The highest BCUT2D eigenvalue weighted by Crippen LogP contribution is 2.34. The van der Waals surface area contributed by atoms with Crippen LogP contribution >= 0.6 is 0 Å². The molecule has 2 rings (SSSR count). The van der Waals surface area contributed by atoms with Crippen molar-refractivity contribution in [2.45, 2.75) is 38.2 Å². The van der Waals surface area contributed by atoms with Crippen LogP contribution in [0.3, 0.4) is 0 Å². The lowest BCUT2D eigenvalue weighted by molar-refractivity contribution is -0.0426. The van der Waals surface area contributed by atoms with Crippen LogP contribution in [-0.2, 0) is 10.0 Å². The average molecular weight is 284 g/mol. The predicted octanol–water partition coefficient (Wildman–Crippen LogP) is 0.949. The zero-order chi connectivity index (χ0) is 14.6. The quantitative estimate of drug-likeness (QED) is 0.792. The summed E-state index contributed by atoms with van der Waals surface area (Å²) in [6.45, 7) is 7.23. The van der Waals surface area contributed by atoms with Gasteiger partial charge in [0.2, 0.25) is 10.0 Å². The molecule has 1 saturated heterocycles. The Morgan fingerprint density at radius 2 is 1.79 bits per heavy atom. The molecule has 1 aliphatic heterocycles. The molecule has 106 valence electrons. The van der Waals surface area contributed by atoms with Gasteiger partial charge in [-0.3, -0.25) is 0 Å². The van der Waals surface area contributed by atoms with Crippen molar-refractivity contribution in [3.63, 3.8) is 0 Å². The molecule has 0 aromatic heterocycles. The van der Waals surface area contributed by atoms with E-state index in [4.69, 9.17) is 5.73 Å². The molecule has 0 aliphatic carbocycles. The van der Waals surface area contributed by atoms with Crippen molar-refractivity contribution in [2.75, 3.05) is 18.8 Å². The number of nitrogens with two attached hydrogens (primary N) is 1. The van der Waals surface area contributed by atoms with E-state index in [9.17, 15) is 13.5 Å². The lowest BCUT2D eigenvalue weighted by Gasteiger charge is -2.43. The van der Waals surface area contributed by atoms with Crippen molar-refractivity contribution < 1.29 is 13.5 Å². The highest BCUT2D eigenvalue weighted by atomic mass is 32.2. The maximum absolute atomic E-state index is 12.6. The summed E-state index contributed by atoms with van der Waals surface area (Å²) in [6.07, 6.45) is 0. The minimum Gasteiger partial charge on any atom is -0.398 e. The standard InChI is InChI=1S/C13H20N2O3S/c1-8-5-11(14)10(3)12(9(8)2)19(17,18)15-6-13(4,16)7-15/h5,16H,6-7,14H2,1-4H3. The van der Waals surface area contributed by atoms with E-state index in [0.717, 1.165) is 11.1 Å². The summed E-state index contributed by atoms with van der Waals surface area (Å²) in [5.74, 6) is 0. The third-order valence-electron chi connectivity index (χ3n) is 3.71. The molecule has 3 N–H and O–H groups in total. The fourth-order valence-electron chi connectivity index (χ4n) is 2.44. The monoisotopic (exact) mass is 284 g/mol. The van der Waals surface area contributed by atoms with Gasteiger partial charge in [-0.1, -0.05) is 0 Å². The normalized spacial score (nSPS) is 19.2. The minimum atomic E-state index is -3.59. The topological polar surface area (TPSA) is 83.6 Å². The Labute approximate surface area is 114 Å². The predicted molar refractivity (Wildman–Crippen MR) is 74.4 cm³/mol. The Bertz CT molecular complexity index is 602. The van der Waals surface area contributed by atoms with Crippen LogP contribution in [0.5, 0.6) is 0 Å². The van der Waals surface area contributed by atoms with Crippen molar-refractivity contribution in [1.82, 2.24) is 4.31 Å². The van der Waals surface area contributed by atoms with Crippen LogP contribution in [0.1, 0.15) is 23.6 Å². The number of aryl methyl sites for hydroxylation is 1. The van der Waals surface area contributed by atoms with Gasteiger partial charge in [0, 0.05) is 18.8 Å². The molecule has 1 aliphatic rings. The summed E-state index contributed by atoms with van der Waals surface area (Å²) in [6, 6.07) is 1.79. The molecule has 1 aromatic rings. The molecule has 0 atom stereocenters. The Hall–Kier alpha value is -1.11. The first kappa shape index (κ1) is 14.3. The summed E-state index contributed by atoms with van der Waals surface area (Å²) >= 11 is 0. The van der Waals surface area contributed by atoms with Crippen LogP contribution in [-0.4, -0.2) is 36.5 Å². The maximum atomic E-state index is 12.6. The maximum Gasteiger partial charge on any atom is 0.243 e. The highest BCUT2D eigenvalue weighted by molar-refractivity contribution is 7.89. The van der Waals surface area contributed by atoms with E-state index in [0.29, 0.717) is 11.3 Å². The minimum absolute atomic E-state index is 0.127. The van der Waals surface area contributed by atoms with Gasteiger partial charge in [0.1, 0.15) is 0 Å². The molecular weight excluding hydrogens is 264 g/mol. The van der Waals surface area contributed by atoms with Crippen LogP contribution in [0, 0.1) is 20.8 Å². The molecule has 0 unspecified atom stereocenters. The van der Waals surface area contributed by atoms with Crippen LogP contribution < -0.4 is 5.73 Å². The third-order valence-corrected chi connectivity index (χ3v) is 5.78. The molecule has 6 heteroatoms. The molecule has 19 heavy (non-hydrogen) atoms. The van der Waals surface area contributed by atoms with Crippen LogP contribution in [0.25, 0.3) is 0 Å². The zero-order valence-electron chi connectivity index (χ0n) is 11.7. The molecule has 0 amide bonds. The van der Waals surface area contributed by atoms with Gasteiger partial charge >= 0.3 is 0 Å². The zero-order valence-corrected chi connectivity index (χ0v) is 12.5. The Kier molecular flexibility index (Phi) is 3.16. The number of rotatable bonds is 2. The van der Waals surface area contributed by atoms with E-state index in [2.05, 4.69) is 0 Å². The number of hydrogen-bond donors (Lipinski definition) is 2. The molecule has 1 aromatic carbocycles.